The van der Waals surface area contributed by atoms with Crippen LogP contribution in [0.15, 0.2) is 53.1 Å². The molecule has 0 aliphatic heterocycles. The second-order valence-electron chi connectivity index (χ2n) is 4.77. The molecular formula is C16H9Cl2N3O3. The lowest BCUT2D eigenvalue weighted by Gasteiger charge is -1.95. The van der Waals surface area contributed by atoms with Gasteiger partial charge in [0.25, 0.3) is 11.6 Å². The number of hydrogen-bond acceptors (Lipinski definition) is 5. The Bertz CT molecular complexity index is 920. The Labute approximate surface area is 146 Å². The number of aromatic nitrogens is 2. The minimum absolute atomic E-state index is 0.0272. The average Bonchev–Trinajstić information content (AvgIpc) is 3.06. The third-order valence-corrected chi connectivity index (χ3v) is 3.63. The Morgan fingerprint density at radius 1 is 1.21 bits per heavy atom. The zero-order valence-corrected chi connectivity index (χ0v) is 13.5. The first-order valence-corrected chi connectivity index (χ1v) is 7.50. The second-order valence-corrected chi connectivity index (χ2v) is 5.62. The van der Waals surface area contributed by atoms with Gasteiger partial charge < -0.3 is 4.52 Å². The molecule has 0 unspecified atom stereocenters. The van der Waals surface area contributed by atoms with Crippen molar-refractivity contribution in [2.45, 2.75) is 0 Å². The van der Waals surface area contributed by atoms with Crippen LogP contribution in [0.1, 0.15) is 11.5 Å². The van der Waals surface area contributed by atoms with E-state index in [1.807, 2.05) is 0 Å². The first-order chi connectivity index (χ1) is 11.5. The lowest BCUT2D eigenvalue weighted by atomic mass is 10.2. The Hall–Kier alpha value is -2.70. The summed E-state index contributed by atoms with van der Waals surface area (Å²) in [5.74, 6) is 0.486. The summed E-state index contributed by atoms with van der Waals surface area (Å²) in [6.07, 6.45) is 1.52. The maximum atomic E-state index is 10.8. The van der Waals surface area contributed by atoms with E-state index in [9.17, 15) is 10.1 Å². The van der Waals surface area contributed by atoms with Crippen molar-refractivity contribution in [3.63, 3.8) is 0 Å². The van der Waals surface area contributed by atoms with Crippen LogP contribution in [0.3, 0.4) is 0 Å². The van der Waals surface area contributed by atoms with Crippen molar-refractivity contribution in [2.24, 2.45) is 0 Å². The van der Waals surface area contributed by atoms with Gasteiger partial charge in [0.2, 0.25) is 5.82 Å². The Kier molecular flexibility index (Phi) is 4.59. The summed E-state index contributed by atoms with van der Waals surface area (Å²) in [6.45, 7) is 0. The molecule has 0 saturated carbocycles. The molecule has 3 aromatic rings. The summed E-state index contributed by atoms with van der Waals surface area (Å²) in [5.41, 5.74) is 1.26. The van der Waals surface area contributed by atoms with Crippen LogP contribution >= 0.6 is 23.2 Å². The standard InChI is InChI=1S/C16H9Cl2N3O3/c17-12-6-4-11(5-7-12)15-19-16(24-20-15)14(18)9-10-2-1-3-13(8-10)21(22)23/h1-9H/b14-9-. The van der Waals surface area contributed by atoms with Crippen LogP contribution in [0, 0.1) is 10.1 Å². The maximum absolute atomic E-state index is 10.8. The number of nitrogens with zero attached hydrogens (tertiary/aromatic N) is 3. The number of nitro benzene ring substituents is 1. The Balaban J connectivity index is 1.88. The van der Waals surface area contributed by atoms with E-state index < -0.39 is 4.92 Å². The van der Waals surface area contributed by atoms with Crippen molar-refractivity contribution in [1.29, 1.82) is 0 Å². The van der Waals surface area contributed by atoms with E-state index in [0.29, 0.717) is 16.4 Å². The van der Waals surface area contributed by atoms with Gasteiger partial charge in [-0.2, -0.15) is 4.98 Å². The van der Waals surface area contributed by atoms with Crippen LogP contribution in [-0.2, 0) is 0 Å². The molecule has 0 saturated heterocycles. The molecule has 0 aliphatic carbocycles. The summed E-state index contributed by atoms with van der Waals surface area (Å²) >= 11 is 12.0. The van der Waals surface area contributed by atoms with Gasteiger partial charge in [-0.25, -0.2) is 0 Å². The number of benzene rings is 2. The fraction of sp³-hybridized carbons (Fsp3) is 0. The summed E-state index contributed by atoms with van der Waals surface area (Å²) in [5, 5.41) is 15.4. The molecule has 0 N–H and O–H groups in total. The molecule has 0 amide bonds. The molecule has 0 atom stereocenters. The van der Waals surface area contributed by atoms with Crippen molar-refractivity contribution in [3.8, 4) is 11.4 Å². The van der Waals surface area contributed by atoms with E-state index in [1.165, 1.54) is 18.2 Å². The zero-order valence-electron chi connectivity index (χ0n) is 12.0. The topological polar surface area (TPSA) is 82.1 Å². The molecular weight excluding hydrogens is 353 g/mol. The smallest absolute Gasteiger partial charge is 0.270 e. The van der Waals surface area contributed by atoms with E-state index in [0.717, 1.165) is 5.56 Å². The minimum Gasteiger partial charge on any atom is -0.333 e. The minimum atomic E-state index is -0.476. The summed E-state index contributed by atoms with van der Waals surface area (Å²) in [6, 6.07) is 13.0. The van der Waals surface area contributed by atoms with Crippen LogP contribution in [-0.4, -0.2) is 15.1 Å². The SMILES string of the molecule is O=[N+]([O-])c1cccc(/C=C(\Cl)c2nc(-c3ccc(Cl)cc3)no2)c1. The van der Waals surface area contributed by atoms with Gasteiger partial charge in [-0.15, -0.1) is 0 Å². The molecule has 0 spiro atoms. The highest BCUT2D eigenvalue weighted by Gasteiger charge is 2.12. The van der Waals surface area contributed by atoms with Crippen molar-refractivity contribution in [1.82, 2.24) is 10.1 Å². The highest BCUT2D eigenvalue weighted by Crippen LogP contribution is 2.25. The van der Waals surface area contributed by atoms with Crippen molar-refractivity contribution in [3.05, 3.63) is 75.1 Å². The summed E-state index contributed by atoms with van der Waals surface area (Å²) in [4.78, 5) is 14.5. The van der Waals surface area contributed by atoms with E-state index in [2.05, 4.69) is 10.1 Å². The van der Waals surface area contributed by atoms with Crippen LogP contribution in [0.25, 0.3) is 22.5 Å². The van der Waals surface area contributed by atoms with Gasteiger partial charge in [-0.05, 0) is 35.9 Å². The van der Waals surface area contributed by atoms with Gasteiger partial charge in [0.05, 0.1) is 4.92 Å². The fourth-order valence-corrected chi connectivity index (χ4v) is 2.30. The highest BCUT2D eigenvalue weighted by molar-refractivity contribution is 6.50. The number of non-ortho nitro benzene ring substituents is 1. The molecule has 8 heteroatoms. The van der Waals surface area contributed by atoms with Gasteiger partial charge in [-0.3, -0.25) is 10.1 Å². The van der Waals surface area contributed by atoms with Crippen molar-refractivity contribution < 1.29 is 9.45 Å². The normalized spacial score (nSPS) is 11.5. The Morgan fingerprint density at radius 3 is 2.67 bits per heavy atom. The van der Waals surface area contributed by atoms with Gasteiger partial charge in [0.1, 0.15) is 5.03 Å². The average molecular weight is 362 g/mol. The number of halogens is 2. The lowest BCUT2D eigenvalue weighted by Crippen LogP contribution is -1.87. The molecule has 120 valence electrons. The molecule has 0 bridgehead atoms. The van der Waals surface area contributed by atoms with E-state index >= 15 is 0 Å². The summed E-state index contributed by atoms with van der Waals surface area (Å²) in [7, 11) is 0. The van der Waals surface area contributed by atoms with Crippen molar-refractivity contribution in [2.75, 3.05) is 0 Å². The van der Waals surface area contributed by atoms with Gasteiger partial charge in [0, 0.05) is 22.7 Å². The predicted molar refractivity (Wildman–Crippen MR) is 91.6 cm³/mol. The summed E-state index contributed by atoms with van der Waals surface area (Å²) < 4.78 is 5.13. The van der Waals surface area contributed by atoms with Crippen LogP contribution in [0.5, 0.6) is 0 Å². The molecule has 0 radical (unpaired) electrons. The largest absolute Gasteiger partial charge is 0.333 e. The molecule has 0 fully saturated rings. The highest BCUT2D eigenvalue weighted by atomic mass is 35.5. The van der Waals surface area contributed by atoms with E-state index in [1.54, 1.807) is 36.4 Å². The first-order valence-electron chi connectivity index (χ1n) is 6.74. The van der Waals surface area contributed by atoms with Crippen molar-refractivity contribution >= 4 is 40.0 Å². The fourth-order valence-electron chi connectivity index (χ4n) is 1.97. The van der Waals surface area contributed by atoms with Crippen LogP contribution in [0.4, 0.5) is 5.69 Å². The molecule has 2 aromatic carbocycles. The molecule has 6 nitrogen and oxygen atoms in total. The van der Waals surface area contributed by atoms with E-state index in [4.69, 9.17) is 27.7 Å². The first kappa shape index (κ1) is 16.2. The molecule has 3 rings (SSSR count). The van der Waals surface area contributed by atoms with Gasteiger partial charge in [-0.1, -0.05) is 40.5 Å². The second kappa shape index (κ2) is 6.82. The number of hydrogen-bond donors (Lipinski definition) is 0. The monoisotopic (exact) mass is 361 g/mol. The van der Waals surface area contributed by atoms with Gasteiger partial charge >= 0.3 is 0 Å². The molecule has 24 heavy (non-hydrogen) atoms. The van der Waals surface area contributed by atoms with Gasteiger partial charge in [0.15, 0.2) is 0 Å². The number of rotatable bonds is 4. The van der Waals surface area contributed by atoms with Crippen LogP contribution in [0.2, 0.25) is 5.02 Å². The quantitative estimate of drug-likeness (QED) is 0.480. The van der Waals surface area contributed by atoms with Crippen LogP contribution < -0.4 is 0 Å². The maximum Gasteiger partial charge on any atom is 0.270 e. The number of nitro groups is 1. The van der Waals surface area contributed by atoms with E-state index in [-0.39, 0.29) is 16.6 Å². The third-order valence-electron chi connectivity index (χ3n) is 3.11. The zero-order chi connectivity index (χ0) is 17.1. The Morgan fingerprint density at radius 2 is 1.96 bits per heavy atom. The predicted octanol–water partition coefficient (Wildman–Crippen LogP) is 5.04. The molecule has 1 aromatic heterocycles. The lowest BCUT2D eigenvalue weighted by molar-refractivity contribution is -0.384. The third kappa shape index (κ3) is 3.61. The molecule has 0 aliphatic rings. The molecule has 1 heterocycles.